The van der Waals surface area contributed by atoms with Gasteiger partial charge in [0.25, 0.3) is 0 Å². The van der Waals surface area contributed by atoms with Gasteiger partial charge in [0.05, 0.1) is 0 Å². The zero-order valence-electron chi connectivity index (χ0n) is 12.2. The van der Waals surface area contributed by atoms with Gasteiger partial charge in [-0.1, -0.05) is 95.0 Å². The standard InChI is InChI=1S/C17H12Cl3N3/c1-11-7-9-13(10-8-11)15-21-14(12-5-3-2-4-6-12)22-16(23-15)17(18,19)20/h2-10H,1H3. The minimum absolute atomic E-state index is 0.104. The van der Waals surface area contributed by atoms with Gasteiger partial charge in [-0.05, 0) is 6.92 Å². The molecule has 23 heavy (non-hydrogen) atoms. The van der Waals surface area contributed by atoms with Gasteiger partial charge in [0.1, 0.15) is 0 Å². The van der Waals surface area contributed by atoms with Gasteiger partial charge in [-0.25, -0.2) is 15.0 Å². The molecule has 0 aliphatic rings. The van der Waals surface area contributed by atoms with E-state index in [1.165, 1.54) is 0 Å². The first-order valence-corrected chi connectivity index (χ1v) is 8.02. The molecule has 3 aromatic rings. The molecule has 3 nitrogen and oxygen atoms in total. The van der Waals surface area contributed by atoms with E-state index in [2.05, 4.69) is 15.0 Å². The summed E-state index contributed by atoms with van der Waals surface area (Å²) in [6.45, 7) is 2.01. The van der Waals surface area contributed by atoms with Crippen molar-refractivity contribution in [1.82, 2.24) is 15.0 Å². The molecular weight excluding hydrogens is 353 g/mol. The Morgan fingerprint density at radius 3 is 1.74 bits per heavy atom. The summed E-state index contributed by atoms with van der Waals surface area (Å²) < 4.78 is -1.72. The van der Waals surface area contributed by atoms with Crippen molar-refractivity contribution >= 4 is 34.8 Å². The molecule has 3 rings (SSSR count). The molecule has 0 N–H and O–H groups in total. The number of hydrogen-bond acceptors (Lipinski definition) is 3. The molecule has 0 amide bonds. The maximum Gasteiger partial charge on any atom is 0.250 e. The van der Waals surface area contributed by atoms with E-state index in [0.29, 0.717) is 11.6 Å². The fourth-order valence-corrected chi connectivity index (χ4v) is 2.30. The quantitative estimate of drug-likeness (QED) is 0.576. The molecule has 0 atom stereocenters. The number of alkyl halides is 3. The fraction of sp³-hybridized carbons (Fsp3) is 0.118. The van der Waals surface area contributed by atoms with Gasteiger partial charge in [-0.15, -0.1) is 0 Å². The lowest BCUT2D eigenvalue weighted by atomic mass is 10.1. The SMILES string of the molecule is Cc1ccc(-c2nc(-c3ccccc3)nc(C(Cl)(Cl)Cl)n2)cc1. The van der Waals surface area contributed by atoms with Crippen molar-refractivity contribution in [3.8, 4) is 22.8 Å². The molecule has 1 heterocycles. The zero-order chi connectivity index (χ0) is 16.4. The Hall–Kier alpha value is -1.68. The lowest BCUT2D eigenvalue weighted by molar-refractivity contribution is 0.932. The molecule has 0 spiro atoms. The Kier molecular flexibility index (Phi) is 4.53. The lowest BCUT2D eigenvalue weighted by Gasteiger charge is -2.12. The van der Waals surface area contributed by atoms with Crippen LogP contribution in [-0.4, -0.2) is 15.0 Å². The smallest absolute Gasteiger partial charge is 0.208 e. The Morgan fingerprint density at radius 1 is 0.696 bits per heavy atom. The number of benzene rings is 2. The van der Waals surface area contributed by atoms with Crippen molar-refractivity contribution in [3.05, 3.63) is 66.0 Å². The molecule has 0 radical (unpaired) electrons. The molecule has 0 fully saturated rings. The zero-order valence-corrected chi connectivity index (χ0v) is 14.4. The highest BCUT2D eigenvalue weighted by Crippen LogP contribution is 2.37. The van der Waals surface area contributed by atoms with Crippen LogP contribution in [0.4, 0.5) is 0 Å². The van der Waals surface area contributed by atoms with Crippen LogP contribution in [0.25, 0.3) is 22.8 Å². The van der Waals surface area contributed by atoms with Gasteiger partial charge < -0.3 is 0 Å². The summed E-state index contributed by atoms with van der Waals surface area (Å²) in [5.74, 6) is 1.05. The molecular formula is C17H12Cl3N3. The number of aromatic nitrogens is 3. The van der Waals surface area contributed by atoms with Crippen LogP contribution >= 0.6 is 34.8 Å². The molecule has 6 heteroatoms. The van der Waals surface area contributed by atoms with Gasteiger partial charge in [-0.2, -0.15) is 0 Å². The van der Waals surface area contributed by atoms with Gasteiger partial charge >= 0.3 is 0 Å². The van der Waals surface area contributed by atoms with Gasteiger partial charge in [0.2, 0.25) is 3.79 Å². The van der Waals surface area contributed by atoms with Crippen molar-refractivity contribution in [2.75, 3.05) is 0 Å². The van der Waals surface area contributed by atoms with Crippen molar-refractivity contribution in [2.45, 2.75) is 10.7 Å². The van der Waals surface area contributed by atoms with Crippen molar-refractivity contribution < 1.29 is 0 Å². The summed E-state index contributed by atoms with van der Waals surface area (Å²) >= 11 is 17.9. The normalized spacial score (nSPS) is 11.5. The van der Waals surface area contributed by atoms with Crippen LogP contribution in [0.1, 0.15) is 11.4 Å². The molecule has 0 aliphatic heterocycles. The second-order valence-electron chi connectivity index (χ2n) is 5.04. The summed E-state index contributed by atoms with van der Waals surface area (Å²) in [5.41, 5.74) is 2.82. The third-order valence-electron chi connectivity index (χ3n) is 3.23. The van der Waals surface area contributed by atoms with Crippen LogP contribution < -0.4 is 0 Å². The Bertz CT molecular complexity index is 813. The Balaban J connectivity index is 2.18. The fourth-order valence-electron chi connectivity index (χ4n) is 2.05. The maximum atomic E-state index is 5.98. The summed E-state index contributed by atoms with van der Waals surface area (Å²) in [5, 5.41) is 0. The van der Waals surface area contributed by atoms with Gasteiger partial charge in [0.15, 0.2) is 17.5 Å². The third kappa shape index (κ3) is 3.81. The van der Waals surface area contributed by atoms with Crippen LogP contribution in [0, 0.1) is 6.92 Å². The predicted molar refractivity (Wildman–Crippen MR) is 94.7 cm³/mol. The minimum atomic E-state index is -1.72. The number of halogens is 3. The molecule has 0 saturated carbocycles. The van der Waals surface area contributed by atoms with Crippen molar-refractivity contribution in [2.24, 2.45) is 0 Å². The van der Waals surface area contributed by atoms with E-state index in [4.69, 9.17) is 34.8 Å². The Labute approximate surface area is 149 Å². The average molecular weight is 365 g/mol. The molecule has 116 valence electrons. The molecule has 1 aromatic heterocycles. The molecule has 2 aromatic carbocycles. The predicted octanol–water partition coefficient (Wildman–Crippen LogP) is 5.34. The largest absolute Gasteiger partial charge is 0.250 e. The highest BCUT2D eigenvalue weighted by Gasteiger charge is 2.28. The summed E-state index contributed by atoms with van der Waals surface area (Å²) in [4.78, 5) is 13.1. The van der Waals surface area contributed by atoms with Crippen LogP contribution in [0.15, 0.2) is 54.6 Å². The average Bonchev–Trinajstić information content (AvgIpc) is 2.55. The first-order chi connectivity index (χ1) is 10.9. The van der Waals surface area contributed by atoms with E-state index >= 15 is 0 Å². The molecule has 0 unspecified atom stereocenters. The molecule has 0 bridgehead atoms. The molecule has 0 saturated heterocycles. The van der Waals surface area contributed by atoms with E-state index in [1.807, 2.05) is 61.5 Å². The van der Waals surface area contributed by atoms with E-state index < -0.39 is 3.79 Å². The van der Waals surface area contributed by atoms with E-state index in [1.54, 1.807) is 0 Å². The number of nitrogens with zero attached hydrogens (tertiary/aromatic N) is 3. The first-order valence-electron chi connectivity index (χ1n) is 6.89. The lowest BCUT2D eigenvalue weighted by Crippen LogP contribution is -2.11. The first kappa shape index (κ1) is 16.2. The second-order valence-corrected chi connectivity index (χ2v) is 7.32. The van der Waals surface area contributed by atoms with E-state index in [0.717, 1.165) is 16.7 Å². The third-order valence-corrected chi connectivity index (χ3v) is 3.74. The number of hydrogen-bond donors (Lipinski definition) is 0. The maximum absolute atomic E-state index is 5.98. The van der Waals surface area contributed by atoms with Crippen molar-refractivity contribution in [1.29, 1.82) is 0 Å². The minimum Gasteiger partial charge on any atom is -0.208 e. The topological polar surface area (TPSA) is 38.7 Å². The number of aryl methyl sites for hydroxylation is 1. The highest BCUT2D eigenvalue weighted by atomic mass is 35.6. The van der Waals surface area contributed by atoms with Crippen molar-refractivity contribution in [3.63, 3.8) is 0 Å². The van der Waals surface area contributed by atoms with E-state index in [9.17, 15) is 0 Å². The summed E-state index contributed by atoms with van der Waals surface area (Å²) in [7, 11) is 0. The number of rotatable bonds is 2. The van der Waals surface area contributed by atoms with Crippen LogP contribution in [0.2, 0.25) is 0 Å². The highest BCUT2D eigenvalue weighted by molar-refractivity contribution is 6.66. The van der Waals surface area contributed by atoms with Crippen LogP contribution in [-0.2, 0) is 3.79 Å². The van der Waals surface area contributed by atoms with Crippen LogP contribution in [0.5, 0.6) is 0 Å². The van der Waals surface area contributed by atoms with Gasteiger partial charge in [0, 0.05) is 11.1 Å². The summed E-state index contributed by atoms with van der Waals surface area (Å²) in [6, 6.07) is 17.4. The van der Waals surface area contributed by atoms with E-state index in [-0.39, 0.29) is 5.82 Å². The summed E-state index contributed by atoms with van der Waals surface area (Å²) in [6.07, 6.45) is 0. The monoisotopic (exact) mass is 363 g/mol. The van der Waals surface area contributed by atoms with Crippen LogP contribution in [0.3, 0.4) is 0 Å². The Morgan fingerprint density at radius 2 is 1.22 bits per heavy atom. The van der Waals surface area contributed by atoms with Gasteiger partial charge in [-0.3, -0.25) is 0 Å². The molecule has 0 aliphatic carbocycles. The second kappa shape index (κ2) is 6.44.